The minimum absolute atomic E-state index is 0.318. The second kappa shape index (κ2) is 4.87. The molecule has 0 bridgehead atoms. The van der Waals surface area contributed by atoms with Gasteiger partial charge in [-0.05, 0) is 18.2 Å². The molecule has 0 fully saturated rings. The van der Waals surface area contributed by atoms with E-state index < -0.39 is 0 Å². The van der Waals surface area contributed by atoms with Gasteiger partial charge in [0.2, 0.25) is 0 Å². The fourth-order valence-corrected chi connectivity index (χ4v) is 1.85. The van der Waals surface area contributed by atoms with Crippen LogP contribution in [0.15, 0.2) is 30.6 Å². The summed E-state index contributed by atoms with van der Waals surface area (Å²) in [6.45, 7) is 0. The first-order valence-electron chi connectivity index (χ1n) is 4.34. The number of benzene rings is 1. The van der Waals surface area contributed by atoms with Crippen LogP contribution in [0.4, 0.5) is 11.5 Å². The largest absolute Gasteiger partial charge is 0.339 e. The van der Waals surface area contributed by atoms with Crippen LogP contribution in [0.2, 0.25) is 15.2 Å². The number of hydrogen-bond donors (Lipinski definition) is 1. The van der Waals surface area contributed by atoms with Gasteiger partial charge in [0.25, 0.3) is 0 Å². The van der Waals surface area contributed by atoms with Crippen LogP contribution < -0.4 is 5.32 Å². The molecule has 0 spiro atoms. The SMILES string of the molecule is Clc1cc(Cl)cc(Nc2cncc(Cl)n2)c1. The van der Waals surface area contributed by atoms with Crippen molar-refractivity contribution in [1.29, 1.82) is 0 Å². The number of hydrogen-bond acceptors (Lipinski definition) is 3. The van der Waals surface area contributed by atoms with E-state index in [0.717, 1.165) is 5.69 Å². The zero-order valence-corrected chi connectivity index (χ0v) is 10.2. The van der Waals surface area contributed by atoms with Crippen LogP contribution in [0.3, 0.4) is 0 Å². The minimum atomic E-state index is 0.318. The Bertz CT molecular complexity index is 496. The first-order chi connectivity index (χ1) is 7.63. The van der Waals surface area contributed by atoms with Gasteiger partial charge in [-0.25, -0.2) is 4.98 Å². The summed E-state index contributed by atoms with van der Waals surface area (Å²) in [7, 11) is 0. The molecule has 1 N–H and O–H groups in total. The fraction of sp³-hybridized carbons (Fsp3) is 0. The highest BCUT2D eigenvalue weighted by molar-refractivity contribution is 6.35. The third kappa shape index (κ3) is 2.98. The predicted octanol–water partition coefficient (Wildman–Crippen LogP) is 4.18. The van der Waals surface area contributed by atoms with Crippen molar-refractivity contribution in [2.45, 2.75) is 0 Å². The molecular formula is C10H6Cl3N3. The summed E-state index contributed by atoms with van der Waals surface area (Å²) in [5.41, 5.74) is 0.731. The molecule has 0 saturated carbocycles. The lowest BCUT2D eigenvalue weighted by Crippen LogP contribution is -1.94. The Hall–Kier alpha value is -1.03. The second-order valence-electron chi connectivity index (χ2n) is 3.01. The second-order valence-corrected chi connectivity index (χ2v) is 4.27. The van der Waals surface area contributed by atoms with Gasteiger partial charge in [0.15, 0.2) is 5.82 Å². The maximum absolute atomic E-state index is 5.86. The Labute approximate surface area is 107 Å². The zero-order valence-electron chi connectivity index (χ0n) is 7.92. The number of nitrogens with zero attached hydrogens (tertiary/aromatic N) is 2. The van der Waals surface area contributed by atoms with Crippen LogP contribution in [0, 0.1) is 0 Å². The quantitative estimate of drug-likeness (QED) is 0.892. The maximum atomic E-state index is 5.86. The van der Waals surface area contributed by atoms with Crippen molar-refractivity contribution >= 4 is 46.3 Å². The predicted molar refractivity (Wildman–Crippen MR) is 66.8 cm³/mol. The van der Waals surface area contributed by atoms with Gasteiger partial charge >= 0.3 is 0 Å². The Morgan fingerprint density at radius 1 is 0.938 bits per heavy atom. The van der Waals surface area contributed by atoms with E-state index >= 15 is 0 Å². The molecule has 0 amide bonds. The molecule has 1 heterocycles. The van der Waals surface area contributed by atoms with Crippen molar-refractivity contribution in [3.05, 3.63) is 45.8 Å². The molecule has 1 aromatic heterocycles. The average Bonchev–Trinajstić information content (AvgIpc) is 2.15. The van der Waals surface area contributed by atoms with Crippen molar-refractivity contribution in [2.75, 3.05) is 5.32 Å². The summed E-state index contributed by atoms with van der Waals surface area (Å²) >= 11 is 17.4. The highest BCUT2D eigenvalue weighted by Crippen LogP contribution is 2.24. The van der Waals surface area contributed by atoms with Crippen LogP contribution in [0.5, 0.6) is 0 Å². The standard InChI is InChI=1S/C10H6Cl3N3/c11-6-1-7(12)3-8(2-6)15-10-5-14-4-9(13)16-10/h1-5H,(H,15,16). The lowest BCUT2D eigenvalue weighted by atomic mass is 10.3. The third-order valence-corrected chi connectivity index (χ3v) is 2.36. The number of halogens is 3. The molecule has 2 aromatic rings. The summed E-state index contributed by atoms with van der Waals surface area (Å²) in [6.07, 6.45) is 3.01. The van der Waals surface area contributed by atoms with Crippen LogP contribution in [0.1, 0.15) is 0 Å². The summed E-state index contributed by atoms with van der Waals surface area (Å²) in [4.78, 5) is 7.94. The number of nitrogens with one attached hydrogen (secondary N) is 1. The summed E-state index contributed by atoms with van der Waals surface area (Å²) < 4.78 is 0. The molecule has 0 unspecified atom stereocenters. The molecule has 0 aliphatic heterocycles. The summed E-state index contributed by atoms with van der Waals surface area (Å²) in [5.74, 6) is 0.533. The van der Waals surface area contributed by atoms with Gasteiger partial charge < -0.3 is 5.32 Å². The molecule has 3 nitrogen and oxygen atoms in total. The average molecular weight is 275 g/mol. The number of aromatic nitrogens is 2. The number of rotatable bonds is 2. The number of anilines is 2. The Morgan fingerprint density at radius 2 is 1.62 bits per heavy atom. The molecule has 82 valence electrons. The van der Waals surface area contributed by atoms with E-state index in [9.17, 15) is 0 Å². The van der Waals surface area contributed by atoms with Crippen molar-refractivity contribution in [2.24, 2.45) is 0 Å². The summed E-state index contributed by atoms with van der Waals surface area (Å²) in [5, 5.41) is 4.41. The molecule has 1 aromatic carbocycles. The van der Waals surface area contributed by atoms with Crippen LogP contribution >= 0.6 is 34.8 Å². The van der Waals surface area contributed by atoms with Gasteiger partial charge in [0, 0.05) is 15.7 Å². The first-order valence-corrected chi connectivity index (χ1v) is 5.47. The summed E-state index contributed by atoms with van der Waals surface area (Å²) in [6, 6.07) is 5.12. The van der Waals surface area contributed by atoms with E-state index in [-0.39, 0.29) is 0 Å². The normalized spacial score (nSPS) is 10.2. The van der Waals surface area contributed by atoms with Crippen LogP contribution in [0.25, 0.3) is 0 Å². The molecule has 0 saturated heterocycles. The van der Waals surface area contributed by atoms with Gasteiger partial charge in [0.1, 0.15) is 5.15 Å². The van der Waals surface area contributed by atoms with E-state index in [0.29, 0.717) is 21.0 Å². The molecule has 2 rings (SSSR count). The van der Waals surface area contributed by atoms with E-state index in [1.807, 2.05) is 0 Å². The maximum Gasteiger partial charge on any atom is 0.150 e. The topological polar surface area (TPSA) is 37.8 Å². The van der Waals surface area contributed by atoms with E-state index in [1.54, 1.807) is 24.4 Å². The van der Waals surface area contributed by atoms with Gasteiger partial charge in [-0.3, -0.25) is 4.98 Å². The molecular weight excluding hydrogens is 268 g/mol. The van der Waals surface area contributed by atoms with Crippen molar-refractivity contribution in [1.82, 2.24) is 9.97 Å². The van der Waals surface area contributed by atoms with Gasteiger partial charge in [0.05, 0.1) is 12.4 Å². The molecule has 0 radical (unpaired) electrons. The van der Waals surface area contributed by atoms with E-state index in [1.165, 1.54) is 6.20 Å². The first kappa shape index (κ1) is 11.5. The monoisotopic (exact) mass is 273 g/mol. The van der Waals surface area contributed by atoms with Gasteiger partial charge in [-0.1, -0.05) is 34.8 Å². The Balaban J connectivity index is 2.27. The highest BCUT2D eigenvalue weighted by Gasteiger charge is 2.00. The smallest absolute Gasteiger partial charge is 0.150 e. The van der Waals surface area contributed by atoms with Crippen LogP contribution in [-0.4, -0.2) is 9.97 Å². The molecule has 0 atom stereocenters. The Kier molecular flexibility index (Phi) is 3.49. The van der Waals surface area contributed by atoms with Crippen molar-refractivity contribution in [3.8, 4) is 0 Å². The molecule has 0 aliphatic carbocycles. The van der Waals surface area contributed by atoms with Crippen molar-refractivity contribution in [3.63, 3.8) is 0 Å². The lowest BCUT2D eigenvalue weighted by Gasteiger charge is -2.06. The van der Waals surface area contributed by atoms with Gasteiger partial charge in [-0.15, -0.1) is 0 Å². The Morgan fingerprint density at radius 3 is 2.25 bits per heavy atom. The van der Waals surface area contributed by atoms with Crippen LogP contribution in [-0.2, 0) is 0 Å². The minimum Gasteiger partial charge on any atom is -0.339 e. The van der Waals surface area contributed by atoms with Gasteiger partial charge in [-0.2, -0.15) is 0 Å². The third-order valence-electron chi connectivity index (χ3n) is 1.74. The van der Waals surface area contributed by atoms with E-state index in [2.05, 4.69) is 15.3 Å². The van der Waals surface area contributed by atoms with E-state index in [4.69, 9.17) is 34.8 Å². The molecule has 0 aliphatic rings. The molecule has 16 heavy (non-hydrogen) atoms. The zero-order chi connectivity index (χ0) is 11.5. The molecule has 6 heteroatoms. The van der Waals surface area contributed by atoms with Crippen molar-refractivity contribution < 1.29 is 0 Å². The lowest BCUT2D eigenvalue weighted by molar-refractivity contribution is 1.20. The fourth-order valence-electron chi connectivity index (χ4n) is 1.18. The highest BCUT2D eigenvalue weighted by atomic mass is 35.5.